The van der Waals surface area contributed by atoms with Crippen molar-refractivity contribution in [3.63, 3.8) is 0 Å². The van der Waals surface area contributed by atoms with Gasteiger partial charge in [0, 0.05) is 18.8 Å². The van der Waals surface area contributed by atoms with Crippen LogP contribution in [0.4, 0.5) is 0 Å². The summed E-state index contributed by atoms with van der Waals surface area (Å²) in [6, 6.07) is 6.02. The van der Waals surface area contributed by atoms with Crippen molar-refractivity contribution in [3.8, 4) is 0 Å². The Hall–Kier alpha value is -0.930. The fourth-order valence-electron chi connectivity index (χ4n) is 1.08. The molecule has 2 atom stereocenters. The maximum absolute atomic E-state index is 9.07. The van der Waals surface area contributed by atoms with Crippen molar-refractivity contribution in [2.24, 2.45) is 0 Å². The van der Waals surface area contributed by atoms with E-state index < -0.39 is 0 Å². The Labute approximate surface area is 78.8 Å². The zero-order chi connectivity index (χ0) is 9.68. The van der Waals surface area contributed by atoms with Gasteiger partial charge in [-0.15, -0.1) is 0 Å². The van der Waals surface area contributed by atoms with Crippen LogP contribution in [0.15, 0.2) is 24.4 Å². The molecule has 0 aliphatic carbocycles. The summed E-state index contributed by atoms with van der Waals surface area (Å²) in [4.78, 5) is 4.21. The Bertz CT molecular complexity index is 236. The summed E-state index contributed by atoms with van der Waals surface area (Å²) in [7, 11) is 0. The van der Waals surface area contributed by atoms with Crippen molar-refractivity contribution >= 4 is 0 Å². The molecule has 0 radical (unpaired) electrons. The minimum Gasteiger partial charge on any atom is -0.392 e. The van der Waals surface area contributed by atoms with Crippen molar-refractivity contribution in [2.75, 3.05) is 6.54 Å². The average molecular weight is 180 g/mol. The van der Waals surface area contributed by atoms with Crippen LogP contribution in [0, 0.1) is 0 Å². The highest BCUT2D eigenvalue weighted by atomic mass is 16.3. The van der Waals surface area contributed by atoms with Gasteiger partial charge in [0.1, 0.15) is 0 Å². The predicted octanol–water partition coefficient (Wildman–Crippen LogP) is 1.11. The number of nitrogens with zero attached hydrogens (tertiary/aromatic N) is 1. The zero-order valence-corrected chi connectivity index (χ0v) is 8.07. The third kappa shape index (κ3) is 3.53. The first kappa shape index (κ1) is 10.2. The molecule has 0 aliphatic heterocycles. The van der Waals surface area contributed by atoms with Gasteiger partial charge >= 0.3 is 0 Å². The number of aliphatic hydroxyl groups excluding tert-OH is 1. The van der Waals surface area contributed by atoms with Gasteiger partial charge in [-0.05, 0) is 26.0 Å². The largest absolute Gasteiger partial charge is 0.392 e. The van der Waals surface area contributed by atoms with Crippen LogP contribution >= 0.6 is 0 Å². The monoisotopic (exact) mass is 180 g/mol. The second-order valence-electron chi connectivity index (χ2n) is 3.23. The summed E-state index contributed by atoms with van der Waals surface area (Å²) in [6.45, 7) is 4.39. The molecule has 1 rings (SSSR count). The van der Waals surface area contributed by atoms with E-state index in [2.05, 4.69) is 10.3 Å². The maximum atomic E-state index is 9.07. The van der Waals surface area contributed by atoms with Gasteiger partial charge in [-0.1, -0.05) is 6.07 Å². The van der Waals surface area contributed by atoms with Crippen LogP contribution in [0.3, 0.4) is 0 Å². The van der Waals surface area contributed by atoms with Crippen molar-refractivity contribution in [1.29, 1.82) is 0 Å². The van der Waals surface area contributed by atoms with Crippen LogP contribution in [0.5, 0.6) is 0 Å². The van der Waals surface area contributed by atoms with Crippen LogP contribution in [0.1, 0.15) is 25.6 Å². The minimum atomic E-state index is -0.314. The first-order valence-electron chi connectivity index (χ1n) is 4.52. The second-order valence-corrected chi connectivity index (χ2v) is 3.23. The lowest BCUT2D eigenvalue weighted by atomic mass is 10.2. The number of hydrogen-bond donors (Lipinski definition) is 2. The van der Waals surface area contributed by atoms with E-state index >= 15 is 0 Å². The normalized spacial score (nSPS) is 15.3. The van der Waals surface area contributed by atoms with Gasteiger partial charge in [0.05, 0.1) is 11.8 Å². The number of aliphatic hydroxyl groups is 1. The number of aromatic nitrogens is 1. The fraction of sp³-hybridized carbons (Fsp3) is 0.500. The van der Waals surface area contributed by atoms with Gasteiger partial charge in [-0.2, -0.15) is 0 Å². The lowest BCUT2D eigenvalue weighted by molar-refractivity contribution is 0.187. The van der Waals surface area contributed by atoms with E-state index in [0.717, 1.165) is 5.69 Å². The quantitative estimate of drug-likeness (QED) is 0.729. The van der Waals surface area contributed by atoms with Gasteiger partial charge in [-0.25, -0.2) is 0 Å². The molecule has 0 fully saturated rings. The summed E-state index contributed by atoms with van der Waals surface area (Å²) in [5.41, 5.74) is 1.00. The minimum absolute atomic E-state index is 0.191. The van der Waals surface area contributed by atoms with Gasteiger partial charge in [0.2, 0.25) is 0 Å². The van der Waals surface area contributed by atoms with Crippen LogP contribution in [-0.2, 0) is 0 Å². The molecule has 1 unspecified atom stereocenters. The van der Waals surface area contributed by atoms with Gasteiger partial charge in [-0.3, -0.25) is 4.98 Å². The molecular formula is C10H16N2O. The van der Waals surface area contributed by atoms with Gasteiger partial charge in [0.25, 0.3) is 0 Å². The highest BCUT2D eigenvalue weighted by molar-refractivity contribution is 5.07. The van der Waals surface area contributed by atoms with Crippen molar-refractivity contribution in [1.82, 2.24) is 10.3 Å². The van der Waals surface area contributed by atoms with E-state index in [9.17, 15) is 0 Å². The molecule has 3 nitrogen and oxygen atoms in total. The molecule has 1 aromatic heterocycles. The number of nitrogens with one attached hydrogen (secondary N) is 1. The standard InChI is InChI=1S/C10H16N2O/c1-8(13)7-12-9(2)10-5-3-4-6-11-10/h3-6,8-9,12-13H,7H2,1-2H3/t8-,9?/m1/s1. The van der Waals surface area contributed by atoms with Crippen LogP contribution in [0.25, 0.3) is 0 Å². The Morgan fingerprint density at radius 3 is 2.77 bits per heavy atom. The summed E-state index contributed by atoms with van der Waals surface area (Å²) < 4.78 is 0. The molecule has 0 bridgehead atoms. The summed E-state index contributed by atoms with van der Waals surface area (Å²) in [5.74, 6) is 0. The third-order valence-corrected chi connectivity index (χ3v) is 1.85. The molecule has 2 N–H and O–H groups in total. The van der Waals surface area contributed by atoms with E-state index in [4.69, 9.17) is 5.11 Å². The molecule has 0 saturated carbocycles. The lowest BCUT2D eigenvalue weighted by Gasteiger charge is -2.14. The Morgan fingerprint density at radius 2 is 2.23 bits per heavy atom. The van der Waals surface area contributed by atoms with Gasteiger partial charge < -0.3 is 10.4 Å². The molecule has 13 heavy (non-hydrogen) atoms. The average Bonchev–Trinajstić information content (AvgIpc) is 2.15. The zero-order valence-electron chi connectivity index (χ0n) is 8.07. The molecule has 1 aromatic rings. The molecule has 0 aliphatic rings. The van der Waals surface area contributed by atoms with E-state index in [1.165, 1.54) is 0 Å². The van der Waals surface area contributed by atoms with Crippen molar-refractivity contribution in [2.45, 2.75) is 26.0 Å². The fourth-order valence-corrected chi connectivity index (χ4v) is 1.08. The van der Waals surface area contributed by atoms with E-state index in [1.807, 2.05) is 25.1 Å². The van der Waals surface area contributed by atoms with Crippen LogP contribution < -0.4 is 5.32 Å². The predicted molar refractivity (Wildman–Crippen MR) is 52.3 cm³/mol. The first-order valence-corrected chi connectivity index (χ1v) is 4.52. The maximum Gasteiger partial charge on any atom is 0.0636 e. The Balaban J connectivity index is 2.44. The number of rotatable bonds is 4. The SMILES string of the molecule is CC(NC[C@@H](C)O)c1ccccn1. The second kappa shape index (κ2) is 4.94. The van der Waals surface area contributed by atoms with Crippen molar-refractivity contribution in [3.05, 3.63) is 30.1 Å². The molecular weight excluding hydrogens is 164 g/mol. The van der Waals surface area contributed by atoms with E-state index in [0.29, 0.717) is 6.54 Å². The van der Waals surface area contributed by atoms with Gasteiger partial charge in [0.15, 0.2) is 0 Å². The molecule has 0 spiro atoms. The highest BCUT2D eigenvalue weighted by Gasteiger charge is 2.05. The topological polar surface area (TPSA) is 45.1 Å². The van der Waals surface area contributed by atoms with Crippen LogP contribution in [0.2, 0.25) is 0 Å². The van der Waals surface area contributed by atoms with Crippen molar-refractivity contribution < 1.29 is 5.11 Å². The van der Waals surface area contributed by atoms with E-state index in [-0.39, 0.29) is 12.1 Å². The highest BCUT2D eigenvalue weighted by Crippen LogP contribution is 2.06. The smallest absolute Gasteiger partial charge is 0.0636 e. The van der Waals surface area contributed by atoms with Crippen LogP contribution in [-0.4, -0.2) is 22.7 Å². The first-order chi connectivity index (χ1) is 6.20. The molecule has 1 heterocycles. The molecule has 0 saturated heterocycles. The summed E-state index contributed by atoms with van der Waals surface area (Å²) in [6.07, 6.45) is 1.46. The number of hydrogen-bond acceptors (Lipinski definition) is 3. The Kier molecular flexibility index (Phi) is 3.86. The number of pyridine rings is 1. The molecule has 0 amide bonds. The molecule has 0 aromatic carbocycles. The summed E-state index contributed by atoms with van der Waals surface area (Å²) in [5, 5.41) is 12.3. The molecule has 72 valence electrons. The van der Waals surface area contributed by atoms with E-state index in [1.54, 1.807) is 13.1 Å². The molecule has 3 heteroatoms. The summed E-state index contributed by atoms with van der Waals surface area (Å²) >= 11 is 0. The third-order valence-electron chi connectivity index (χ3n) is 1.85. The lowest BCUT2D eigenvalue weighted by Crippen LogP contribution is -2.27. The Morgan fingerprint density at radius 1 is 1.46 bits per heavy atom.